The Hall–Kier alpha value is -2.64. The van der Waals surface area contributed by atoms with Gasteiger partial charge in [-0.05, 0) is 44.4 Å². The molecule has 4 heterocycles. The Labute approximate surface area is 192 Å². The molecular weight excluding hydrogens is 426 g/mol. The van der Waals surface area contributed by atoms with Crippen molar-refractivity contribution in [3.05, 3.63) is 46.7 Å². The zero-order chi connectivity index (χ0) is 22.2. The summed E-state index contributed by atoms with van der Waals surface area (Å²) < 4.78 is 7.34. The zero-order valence-electron chi connectivity index (χ0n) is 18.6. The number of piperidine rings is 1. The summed E-state index contributed by atoms with van der Waals surface area (Å²) in [6.07, 6.45) is 1.70. The molecule has 0 aliphatic carbocycles. The number of amides is 1. The molecule has 0 spiro atoms. The van der Waals surface area contributed by atoms with E-state index >= 15 is 0 Å². The third kappa shape index (κ3) is 3.95. The first-order chi connectivity index (χ1) is 15.5. The predicted octanol–water partition coefficient (Wildman–Crippen LogP) is 3.74. The molecule has 1 amide bonds. The SMILES string of the molecule is Cc1cc(N2CCC(C(=O)N3CCOCC3)CC2)n2nc(C)c(-c3ccc(Cl)cc3)c2n1. The summed E-state index contributed by atoms with van der Waals surface area (Å²) in [6, 6.07) is 9.91. The van der Waals surface area contributed by atoms with Crippen LogP contribution in [0.5, 0.6) is 0 Å². The molecule has 5 rings (SSSR count). The highest BCUT2D eigenvalue weighted by Gasteiger charge is 2.30. The quantitative estimate of drug-likeness (QED) is 0.604. The van der Waals surface area contributed by atoms with E-state index in [1.54, 1.807) is 0 Å². The molecule has 2 aliphatic rings. The number of carbonyl (C=O) groups excluding carboxylic acids is 1. The number of anilines is 1. The number of benzene rings is 1. The van der Waals surface area contributed by atoms with Crippen LogP contribution in [0.3, 0.4) is 0 Å². The van der Waals surface area contributed by atoms with Crippen LogP contribution in [0.2, 0.25) is 5.02 Å². The van der Waals surface area contributed by atoms with E-state index in [4.69, 9.17) is 26.4 Å². The van der Waals surface area contributed by atoms with Crippen LogP contribution in [0.4, 0.5) is 5.82 Å². The highest BCUT2D eigenvalue weighted by molar-refractivity contribution is 6.30. The lowest BCUT2D eigenvalue weighted by Gasteiger charge is -2.36. The second kappa shape index (κ2) is 8.71. The number of aryl methyl sites for hydroxylation is 2. The Bertz CT molecular complexity index is 1130. The van der Waals surface area contributed by atoms with Crippen LogP contribution in [0.15, 0.2) is 30.3 Å². The second-order valence-electron chi connectivity index (χ2n) is 8.66. The number of nitrogens with zero attached hydrogens (tertiary/aromatic N) is 5. The van der Waals surface area contributed by atoms with Crippen molar-refractivity contribution < 1.29 is 9.53 Å². The molecule has 0 unspecified atom stereocenters. The average Bonchev–Trinajstić information content (AvgIpc) is 3.15. The van der Waals surface area contributed by atoms with Crippen LogP contribution in [-0.2, 0) is 9.53 Å². The van der Waals surface area contributed by atoms with Crippen molar-refractivity contribution in [3.63, 3.8) is 0 Å². The Morgan fingerprint density at radius 1 is 1.06 bits per heavy atom. The van der Waals surface area contributed by atoms with E-state index in [-0.39, 0.29) is 11.8 Å². The molecule has 1 aromatic carbocycles. The first-order valence-corrected chi connectivity index (χ1v) is 11.6. The molecule has 0 radical (unpaired) electrons. The topological polar surface area (TPSA) is 63.0 Å². The van der Waals surface area contributed by atoms with E-state index in [0.717, 1.165) is 59.9 Å². The van der Waals surface area contributed by atoms with Crippen molar-refractivity contribution in [1.29, 1.82) is 0 Å². The van der Waals surface area contributed by atoms with Gasteiger partial charge in [-0.2, -0.15) is 9.61 Å². The number of fused-ring (bicyclic) bond motifs is 1. The molecule has 0 atom stereocenters. The number of ether oxygens (including phenoxy) is 1. The fraction of sp³-hybridized carbons (Fsp3) is 0.458. The molecule has 0 bridgehead atoms. The van der Waals surface area contributed by atoms with Crippen LogP contribution in [0.25, 0.3) is 16.8 Å². The molecule has 7 nitrogen and oxygen atoms in total. The lowest BCUT2D eigenvalue weighted by atomic mass is 9.95. The van der Waals surface area contributed by atoms with E-state index in [1.165, 1.54) is 0 Å². The molecule has 168 valence electrons. The normalized spacial score (nSPS) is 17.8. The highest BCUT2D eigenvalue weighted by Crippen LogP contribution is 2.32. The number of aromatic nitrogens is 3. The highest BCUT2D eigenvalue weighted by atomic mass is 35.5. The van der Waals surface area contributed by atoms with Gasteiger partial charge in [0.15, 0.2) is 5.65 Å². The summed E-state index contributed by atoms with van der Waals surface area (Å²) in [6.45, 7) is 8.41. The second-order valence-corrected chi connectivity index (χ2v) is 9.09. The van der Waals surface area contributed by atoms with Crippen LogP contribution >= 0.6 is 11.6 Å². The molecule has 0 N–H and O–H groups in total. The van der Waals surface area contributed by atoms with Crippen molar-refractivity contribution in [2.24, 2.45) is 5.92 Å². The van der Waals surface area contributed by atoms with Gasteiger partial charge in [-0.3, -0.25) is 4.79 Å². The van der Waals surface area contributed by atoms with Crippen LogP contribution < -0.4 is 4.90 Å². The molecular formula is C24H28ClN5O2. The van der Waals surface area contributed by atoms with E-state index in [9.17, 15) is 4.79 Å². The summed E-state index contributed by atoms with van der Waals surface area (Å²) in [5, 5.41) is 5.56. The Morgan fingerprint density at radius 3 is 2.44 bits per heavy atom. The summed E-state index contributed by atoms with van der Waals surface area (Å²) in [5.74, 6) is 1.41. The summed E-state index contributed by atoms with van der Waals surface area (Å²) >= 11 is 6.09. The van der Waals surface area contributed by atoms with Gasteiger partial charge in [0.2, 0.25) is 5.91 Å². The number of rotatable bonds is 3. The van der Waals surface area contributed by atoms with E-state index < -0.39 is 0 Å². The molecule has 3 aromatic rings. The Morgan fingerprint density at radius 2 is 1.75 bits per heavy atom. The molecule has 2 saturated heterocycles. The minimum atomic E-state index is 0.0896. The van der Waals surface area contributed by atoms with Crippen molar-refractivity contribution in [2.75, 3.05) is 44.3 Å². The van der Waals surface area contributed by atoms with E-state index in [0.29, 0.717) is 31.3 Å². The van der Waals surface area contributed by atoms with Gasteiger partial charge in [-0.15, -0.1) is 0 Å². The largest absolute Gasteiger partial charge is 0.378 e. The third-order valence-corrected chi connectivity index (χ3v) is 6.75. The van der Waals surface area contributed by atoms with Crippen LogP contribution in [-0.4, -0.2) is 64.8 Å². The molecule has 0 saturated carbocycles. The van der Waals surface area contributed by atoms with Gasteiger partial charge in [-0.25, -0.2) is 4.98 Å². The minimum Gasteiger partial charge on any atom is -0.378 e. The van der Waals surface area contributed by atoms with E-state index in [2.05, 4.69) is 11.0 Å². The predicted molar refractivity (Wildman–Crippen MR) is 125 cm³/mol. The van der Waals surface area contributed by atoms with Crippen molar-refractivity contribution in [3.8, 4) is 11.1 Å². The number of hydrogen-bond donors (Lipinski definition) is 0. The Balaban J connectivity index is 1.41. The number of halogens is 1. The molecule has 2 aliphatic heterocycles. The van der Waals surface area contributed by atoms with Gasteiger partial charge in [0, 0.05) is 54.4 Å². The summed E-state index contributed by atoms with van der Waals surface area (Å²) in [4.78, 5) is 22.0. The number of carbonyl (C=O) groups is 1. The van der Waals surface area contributed by atoms with Crippen molar-refractivity contribution in [1.82, 2.24) is 19.5 Å². The van der Waals surface area contributed by atoms with Crippen molar-refractivity contribution >= 4 is 29.0 Å². The standard InChI is InChI=1S/C24H28ClN5O2/c1-16-15-21(28-9-7-19(8-10-28)24(31)29-11-13-32-14-12-29)30-23(26-16)22(17(2)27-30)18-3-5-20(25)6-4-18/h3-6,15,19H,7-14H2,1-2H3. The lowest BCUT2D eigenvalue weighted by molar-refractivity contribution is -0.140. The molecule has 32 heavy (non-hydrogen) atoms. The van der Waals surface area contributed by atoms with Gasteiger partial charge in [-0.1, -0.05) is 23.7 Å². The maximum atomic E-state index is 12.9. The maximum Gasteiger partial charge on any atom is 0.225 e. The van der Waals surface area contributed by atoms with Gasteiger partial charge in [0.25, 0.3) is 0 Å². The van der Waals surface area contributed by atoms with Gasteiger partial charge in [0.05, 0.1) is 18.9 Å². The van der Waals surface area contributed by atoms with Crippen LogP contribution in [0, 0.1) is 19.8 Å². The number of morpholine rings is 1. The Kier molecular flexibility index (Phi) is 5.78. The van der Waals surface area contributed by atoms with Gasteiger partial charge in [0.1, 0.15) is 5.82 Å². The molecule has 8 heteroatoms. The summed E-state index contributed by atoms with van der Waals surface area (Å²) in [7, 11) is 0. The fourth-order valence-electron chi connectivity index (χ4n) is 4.80. The first-order valence-electron chi connectivity index (χ1n) is 11.3. The van der Waals surface area contributed by atoms with Gasteiger partial charge < -0.3 is 14.5 Å². The van der Waals surface area contributed by atoms with Crippen LogP contribution in [0.1, 0.15) is 24.2 Å². The molecule has 2 aromatic heterocycles. The zero-order valence-corrected chi connectivity index (χ0v) is 19.3. The summed E-state index contributed by atoms with van der Waals surface area (Å²) in [5.41, 5.74) is 4.83. The monoisotopic (exact) mass is 453 g/mol. The maximum absolute atomic E-state index is 12.9. The lowest BCUT2D eigenvalue weighted by Crippen LogP contribution is -2.47. The smallest absolute Gasteiger partial charge is 0.225 e. The minimum absolute atomic E-state index is 0.0896. The van der Waals surface area contributed by atoms with Crippen molar-refractivity contribution in [2.45, 2.75) is 26.7 Å². The molecule has 2 fully saturated rings. The first kappa shape index (κ1) is 21.2. The van der Waals surface area contributed by atoms with E-state index in [1.807, 2.05) is 47.5 Å². The number of hydrogen-bond acceptors (Lipinski definition) is 5. The fourth-order valence-corrected chi connectivity index (χ4v) is 4.93. The third-order valence-electron chi connectivity index (χ3n) is 6.50. The average molecular weight is 454 g/mol. The van der Waals surface area contributed by atoms with Gasteiger partial charge >= 0.3 is 0 Å².